The number of sulfonamides is 1. The number of benzene rings is 1. The Morgan fingerprint density at radius 3 is 2.42 bits per heavy atom. The van der Waals surface area contributed by atoms with Crippen LogP contribution in [-0.2, 0) is 10.0 Å². The van der Waals surface area contributed by atoms with Crippen LogP contribution < -0.4 is 0 Å². The fourth-order valence-corrected chi connectivity index (χ4v) is 5.24. The second kappa shape index (κ2) is 6.27. The highest BCUT2D eigenvalue weighted by atomic mass is 32.2. The van der Waals surface area contributed by atoms with Gasteiger partial charge in [0.25, 0.3) is 0 Å². The smallest absolute Gasteiger partial charge is 0.246 e. The summed E-state index contributed by atoms with van der Waals surface area (Å²) in [6.45, 7) is 6.37. The lowest BCUT2D eigenvalue weighted by Crippen LogP contribution is -2.50. The number of aliphatic imine (C=N–C) groups is 1. The van der Waals surface area contributed by atoms with Gasteiger partial charge in [-0.25, -0.2) is 17.2 Å². The van der Waals surface area contributed by atoms with Crippen molar-refractivity contribution in [1.82, 2.24) is 9.21 Å². The minimum absolute atomic E-state index is 0.0588. The van der Waals surface area contributed by atoms with E-state index >= 15 is 0 Å². The molecule has 0 atom stereocenters. The molecule has 1 aromatic rings. The van der Waals surface area contributed by atoms with Crippen LogP contribution in [0, 0.1) is 11.6 Å². The molecule has 0 saturated carbocycles. The highest BCUT2D eigenvalue weighted by Crippen LogP contribution is 2.34. The number of hydrogen-bond donors (Lipinski definition) is 0. The van der Waals surface area contributed by atoms with Crippen molar-refractivity contribution in [2.24, 2.45) is 4.99 Å². The van der Waals surface area contributed by atoms with Crippen LogP contribution in [0.1, 0.15) is 13.8 Å². The van der Waals surface area contributed by atoms with Gasteiger partial charge in [0.1, 0.15) is 4.90 Å². The second-order valence-corrected chi connectivity index (χ2v) is 9.98. The SMILES string of the molecule is CC1(C)CN=C(N2CCN(S(=O)(=O)c3cccc(F)c3F)CC2)S1. The first-order valence-corrected chi connectivity index (χ1v) is 9.89. The molecule has 0 radical (unpaired) electrons. The van der Waals surface area contributed by atoms with Crippen LogP contribution in [0.5, 0.6) is 0 Å². The van der Waals surface area contributed by atoms with Crippen molar-refractivity contribution in [2.45, 2.75) is 23.5 Å². The second-order valence-electron chi connectivity index (χ2n) is 6.40. The Labute approximate surface area is 144 Å². The van der Waals surface area contributed by atoms with Crippen LogP contribution in [-0.4, -0.2) is 60.3 Å². The van der Waals surface area contributed by atoms with E-state index in [1.54, 1.807) is 11.8 Å². The van der Waals surface area contributed by atoms with Crippen molar-refractivity contribution >= 4 is 27.0 Å². The van der Waals surface area contributed by atoms with Crippen molar-refractivity contribution in [3.8, 4) is 0 Å². The molecule has 2 aliphatic rings. The highest BCUT2D eigenvalue weighted by Gasteiger charge is 2.35. The summed E-state index contributed by atoms with van der Waals surface area (Å²) in [5.41, 5.74) is 0. The van der Waals surface area contributed by atoms with Crippen LogP contribution in [0.25, 0.3) is 0 Å². The third-order valence-electron chi connectivity index (χ3n) is 4.01. The molecular formula is C15H19F2N3O2S2. The lowest BCUT2D eigenvalue weighted by molar-refractivity contribution is 0.268. The normalized spacial score (nSPS) is 21.8. The van der Waals surface area contributed by atoms with E-state index in [1.807, 2.05) is 4.90 Å². The van der Waals surface area contributed by atoms with Crippen LogP contribution in [0.15, 0.2) is 28.1 Å². The van der Waals surface area contributed by atoms with Gasteiger partial charge in [-0.2, -0.15) is 4.31 Å². The molecule has 1 saturated heterocycles. The predicted molar refractivity (Wildman–Crippen MR) is 90.7 cm³/mol. The maximum absolute atomic E-state index is 13.8. The summed E-state index contributed by atoms with van der Waals surface area (Å²) in [5, 5.41) is 0.925. The van der Waals surface area contributed by atoms with Crippen LogP contribution in [0.2, 0.25) is 0 Å². The van der Waals surface area contributed by atoms with Gasteiger partial charge >= 0.3 is 0 Å². The van der Waals surface area contributed by atoms with Gasteiger partial charge in [-0.15, -0.1) is 0 Å². The number of halogens is 2. The van der Waals surface area contributed by atoms with E-state index in [0.717, 1.165) is 23.8 Å². The molecule has 2 heterocycles. The van der Waals surface area contributed by atoms with Crippen LogP contribution in [0.4, 0.5) is 8.78 Å². The lowest BCUT2D eigenvalue weighted by atomic mass is 10.2. The third kappa shape index (κ3) is 3.29. The van der Waals surface area contributed by atoms with E-state index in [-0.39, 0.29) is 17.8 Å². The molecule has 0 N–H and O–H groups in total. The third-order valence-corrected chi connectivity index (χ3v) is 7.17. The summed E-state index contributed by atoms with van der Waals surface area (Å²) in [6.07, 6.45) is 0. The Hall–Kier alpha value is -1.19. The summed E-state index contributed by atoms with van der Waals surface area (Å²) in [5.74, 6) is -2.48. The molecular weight excluding hydrogens is 356 g/mol. The van der Waals surface area contributed by atoms with E-state index in [1.165, 1.54) is 10.4 Å². The molecule has 2 aliphatic heterocycles. The quantitative estimate of drug-likeness (QED) is 0.795. The zero-order valence-corrected chi connectivity index (χ0v) is 15.1. The maximum Gasteiger partial charge on any atom is 0.246 e. The monoisotopic (exact) mass is 375 g/mol. The summed E-state index contributed by atoms with van der Waals surface area (Å²) in [7, 11) is -4.04. The van der Waals surface area contributed by atoms with Gasteiger partial charge in [-0.05, 0) is 26.0 Å². The average molecular weight is 375 g/mol. The lowest BCUT2D eigenvalue weighted by Gasteiger charge is -2.35. The molecule has 0 amide bonds. The number of nitrogens with zero attached hydrogens (tertiary/aromatic N) is 3. The van der Waals surface area contributed by atoms with Crippen LogP contribution in [0.3, 0.4) is 0 Å². The van der Waals surface area contributed by atoms with E-state index in [0.29, 0.717) is 13.1 Å². The summed E-state index contributed by atoms with van der Waals surface area (Å²) in [4.78, 5) is 5.95. The van der Waals surface area contributed by atoms with Crippen molar-refractivity contribution in [1.29, 1.82) is 0 Å². The van der Waals surface area contributed by atoms with Crippen molar-refractivity contribution in [3.63, 3.8) is 0 Å². The van der Waals surface area contributed by atoms with E-state index < -0.39 is 26.6 Å². The molecule has 24 heavy (non-hydrogen) atoms. The fraction of sp³-hybridized carbons (Fsp3) is 0.533. The summed E-state index contributed by atoms with van der Waals surface area (Å²) in [6, 6.07) is 3.20. The van der Waals surface area contributed by atoms with Gasteiger partial charge in [-0.3, -0.25) is 4.99 Å². The Balaban J connectivity index is 1.71. The predicted octanol–water partition coefficient (Wildman–Crippen LogP) is 2.15. The minimum Gasteiger partial charge on any atom is -0.349 e. The number of piperazine rings is 1. The molecule has 3 rings (SSSR count). The first-order chi connectivity index (χ1) is 11.2. The number of hydrogen-bond acceptors (Lipinski definition) is 5. The van der Waals surface area contributed by atoms with E-state index in [4.69, 9.17) is 0 Å². The largest absolute Gasteiger partial charge is 0.349 e. The molecule has 0 aromatic heterocycles. The van der Waals surface area contributed by atoms with Crippen LogP contribution >= 0.6 is 11.8 Å². The molecule has 1 aromatic carbocycles. The molecule has 1 fully saturated rings. The zero-order valence-electron chi connectivity index (χ0n) is 13.5. The van der Waals surface area contributed by atoms with Gasteiger partial charge in [-0.1, -0.05) is 17.8 Å². The number of amidine groups is 1. The molecule has 0 aliphatic carbocycles. The Morgan fingerprint density at radius 2 is 1.83 bits per heavy atom. The van der Waals surface area contributed by atoms with Crippen molar-refractivity contribution in [2.75, 3.05) is 32.7 Å². The molecule has 0 unspecified atom stereocenters. The zero-order chi connectivity index (χ0) is 17.5. The molecule has 5 nitrogen and oxygen atoms in total. The summed E-state index contributed by atoms with van der Waals surface area (Å²) >= 11 is 1.68. The van der Waals surface area contributed by atoms with E-state index in [2.05, 4.69) is 18.8 Å². The number of thioether (sulfide) groups is 1. The topological polar surface area (TPSA) is 53.0 Å². The Morgan fingerprint density at radius 1 is 1.17 bits per heavy atom. The fourth-order valence-electron chi connectivity index (χ4n) is 2.68. The molecule has 132 valence electrons. The van der Waals surface area contributed by atoms with Gasteiger partial charge in [0.05, 0.1) is 6.54 Å². The number of rotatable bonds is 2. The molecule has 0 bridgehead atoms. The van der Waals surface area contributed by atoms with Gasteiger partial charge < -0.3 is 4.90 Å². The maximum atomic E-state index is 13.8. The van der Waals surface area contributed by atoms with Gasteiger partial charge in [0.15, 0.2) is 16.8 Å². The van der Waals surface area contributed by atoms with E-state index in [9.17, 15) is 17.2 Å². The summed E-state index contributed by atoms with van der Waals surface area (Å²) < 4.78 is 53.6. The minimum atomic E-state index is -4.04. The van der Waals surface area contributed by atoms with Crippen molar-refractivity contribution in [3.05, 3.63) is 29.8 Å². The average Bonchev–Trinajstić information content (AvgIpc) is 2.90. The standard InChI is InChI=1S/C15H19F2N3O2S2/c1-15(2)10-18-14(23-15)19-6-8-20(9-7-19)24(21,22)12-5-3-4-11(16)13(12)17/h3-5H,6-10H2,1-2H3. The Kier molecular flexibility index (Phi) is 4.61. The molecule has 0 spiro atoms. The molecule has 9 heteroatoms. The first-order valence-electron chi connectivity index (χ1n) is 7.63. The van der Waals surface area contributed by atoms with Crippen molar-refractivity contribution < 1.29 is 17.2 Å². The highest BCUT2D eigenvalue weighted by molar-refractivity contribution is 8.15. The first kappa shape index (κ1) is 17.6. The Bertz CT molecular complexity index is 773. The van der Waals surface area contributed by atoms with Gasteiger partial charge in [0.2, 0.25) is 10.0 Å². The van der Waals surface area contributed by atoms with Gasteiger partial charge in [0, 0.05) is 30.9 Å².